The first kappa shape index (κ1) is 22.2. The molecule has 11 heteroatoms. The summed E-state index contributed by atoms with van der Waals surface area (Å²) in [5.74, 6) is -1.07. The average molecular weight is 437 g/mol. The molecule has 1 N–H and O–H groups in total. The maximum atomic E-state index is 13.3. The summed E-state index contributed by atoms with van der Waals surface area (Å²) < 4.78 is 54.2. The van der Waals surface area contributed by atoms with E-state index in [0.717, 1.165) is 5.69 Å². The lowest BCUT2D eigenvalue weighted by Gasteiger charge is -2.16. The van der Waals surface area contributed by atoms with Crippen LogP contribution < -0.4 is 4.74 Å². The van der Waals surface area contributed by atoms with Gasteiger partial charge < -0.3 is 9.64 Å². The molecule has 3 aromatic rings. The number of aromatic nitrogens is 4. The predicted octanol–water partition coefficient (Wildman–Crippen LogP) is 3.65. The van der Waals surface area contributed by atoms with E-state index in [-0.39, 0.29) is 17.4 Å². The summed E-state index contributed by atoms with van der Waals surface area (Å²) in [4.78, 5) is 13.8. The fourth-order valence-electron chi connectivity index (χ4n) is 2.76. The maximum Gasteiger partial charge on any atom is 0.422 e. The van der Waals surface area contributed by atoms with Crippen molar-refractivity contribution in [3.05, 3.63) is 59.7 Å². The highest BCUT2D eigenvalue weighted by molar-refractivity contribution is 5.91. The third-order valence-electron chi connectivity index (χ3n) is 4.28. The van der Waals surface area contributed by atoms with Crippen molar-refractivity contribution in [2.45, 2.75) is 19.0 Å². The SMILES string of the molecule is CN(CCCc1cc(-c2cccc(F)c2)n[nH]1)C(=O)c1ccc(OCC(F)(F)F)nn1. The Morgan fingerprint density at radius 3 is 2.65 bits per heavy atom. The number of ether oxygens (including phenoxy) is 1. The number of aryl methyl sites for hydroxylation is 1. The number of aromatic amines is 1. The molecular formula is C20H19F4N5O2. The maximum absolute atomic E-state index is 13.3. The van der Waals surface area contributed by atoms with Crippen molar-refractivity contribution in [1.29, 1.82) is 0 Å². The van der Waals surface area contributed by atoms with Gasteiger partial charge in [0.05, 0.1) is 5.69 Å². The van der Waals surface area contributed by atoms with Crippen LogP contribution in [0.15, 0.2) is 42.5 Å². The summed E-state index contributed by atoms with van der Waals surface area (Å²) in [6, 6.07) is 10.4. The summed E-state index contributed by atoms with van der Waals surface area (Å²) in [6.07, 6.45) is -3.26. The van der Waals surface area contributed by atoms with Crippen molar-refractivity contribution in [3.8, 4) is 17.1 Å². The number of rotatable bonds is 8. The van der Waals surface area contributed by atoms with Gasteiger partial charge in [-0.15, -0.1) is 10.2 Å². The molecule has 0 radical (unpaired) electrons. The molecule has 1 aromatic carbocycles. The fourth-order valence-corrected chi connectivity index (χ4v) is 2.76. The van der Waals surface area contributed by atoms with E-state index in [1.807, 2.05) is 6.07 Å². The van der Waals surface area contributed by atoms with Gasteiger partial charge in [-0.2, -0.15) is 18.3 Å². The predicted molar refractivity (Wildman–Crippen MR) is 103 cm³/mol. The van der Waals surface area contributed by atoms with E-state index < -0.39 is 18.7 Å². The van der Waals surface area contributed by atoms with Gasteiger partial charge in [-0.05, 0) is 37.1 Å². The van der Waals surface area contributed by atoms with Crippen LogP contribution in [0.25, 0.3) is 11.3 Å². The van der Waals surface area contributed by atoms with Crippen molar-refractivity contribution < 1.29 is 27.1 Å². The van der Waals surface area contributed by atoms with Crippen LogP contribution in [-0.4, -0.2) is 57.6 Å². The second kappa shape index (κ2) is 9.54. The van der Waals surface area contributed by atoms with E-state index >= 15 is 0 Å². The second-order valence-corrected chi connectivity index (χ2v) is 6.78. The fraction of sp³-hybridized carbons (Fsp3) is 0.300. The standard InChI is InChI=1S/C20H19F4N5O2/c1-29(19(30)16-7-8-18(28-26-16)31-12-20(22,23)24)9-3-6-15-11-17(27-25-15)13-4-2-5-14(21)10-13/h2,4-5,7-8,10-11H,3,6,9,12H2,1H3,(H,25,27). The Bertz CT molecular complexity index is 1020. The Kier molecular flexibility index (Phi) is 6.83. The van der Waals surface area contributed by atoms with Crippen LogP contribution in [-0.2, 0) is 6.42 Å². The largest absolute Gasteiger partial charge is 0.467 e. The van der Waals surface area contributed by atoms with Crippen LogP contribution in [0.5, 0.6) is 5.88 Å². The number of nitrogens with zero attached hydrogens (tertiary/aromatic N) is 4. The molecule has 0 aliphatic rings. The zero-order valence-corrected chi connectivity index (χ0v) is 16.5. The van der Waals surface area contributed by atoms with E-state index in [4.69, 9.17) is 0 Å². The summed E-state index contributed by atoms with van der Waals surface area (Å²) in [5, 5.41) is 14.2. The van der Waals surface area contributed by atoms with Gasteiger partial charge in [0.1, 0.15) is 5.82 Å². The molecule has 0 aliphatic carbocycles. The van der Waals surface area contributed by atoms with E-state index in [1.54, 1.807) is 19.2 Å². The van der Waals surface area contributed by atoms with Gasteiger partial charge in [-0.3, -0.25) is 9.89 Å². The Morgan fingerprint density at radius 1 is 1.16 bits per heavy atom. The van der Waals surface area contributed by atoms with Crippen LogP contribution in [0.4, 0.5) is 17.6 Å². The molecule has 7 nitrogen and oxygen atoms in total. The van der Waals surface area contributed by atoms with Crippen molar-refractivity contribution in [3.63, 3.8) is 0 Å². The minimum atomic E-state index is -4.48. The van der Waals surface area contributed by atoms with Gasteiger partial charge in [0, 0.05) is 30.9 Å². The quantitative estimate of drug-likeness (QED) is 0.544. The monoisotopic (exact) mass is 437 g/mol. The van der Waals surface area contributed by atoms with Crippen molar-refractivity contribution >= 4 is 5.91 Å². The Hall–Kier alpha value is -3.50. The Morgan fingerprint density at radius 2 is 1.97 bits per heavy atom. The molecule has 2 heterocycles. The van der Waals surface area contributed by atoms with E-state index in [9.17, 15) is 22.4 Å². The first-order valence-electron chi connectivity index (χ1n) is 9.30. The summed E-state index contributed by atoms with van der Waals surface area (Å²) in [5.41, 5.74) is 2.13. The van der Waals surface area contributed by atoms with Crippen LogP contribution in [0, 0.1) is 5.82 Å². The lowest BCUT2D eigenvalue weighted by atomic mass is 10.1. The number of hydrogen-bond donors (Lipinski definition) is 1. The Labute approximate surface area is 175 Å². The number of halogens is 4. The summed E-state index contributed by atoms with van der Waals surface area (Å²) in [7, 11) is 1.59. The van der Waals surface area contributed by atoms with Crippen LogP contribution in [0.3, 0.4) is 0 Å². The molecule has 0 unspecified atom stereocenters. The van der Waals surface area contributed by atoms with Crippen molar-refractivity contribution in [2.24, 2.45) is 0 Å². The van der Waals surface area contributed by atoms with Crippen molar-refractivity contribution in [1.82, 2.24) is 25.3 Å². The minimum Gasteiger partial charge on any atom is -0.467 e. The molecule has 31 heavy (non-hydrogen) atoms. The van der Waals surface area contributed by atoms with Gasteiger partial charge in [0.2, 0.25) is 5.88 Å². The van der Waals surface area contributed by atoms with Gasteiger partial charge in [-0.1, -0.05) is 12.1 Å². The minimum absolute atomic E-state index is 0.00297. The number of H-pyrrole nitrogens is 1. The molecule has 0 saturated heterocycles. The molecule has 164 valence electrons. The normalized spacial score (nSPS) is 11.4. The highest BCUT2D eigenvalue weighted by Gasteiger charge is 2.28. The molecule has 0 saturated carbocycles. The van der Waals surface area contributed by atoms with Gasteiger partial charge >= 0.3 is 6.18 Å². The number of carbonyl (C=O) groups excluding carboxylic acids is 1. The number of nitrogens with one attached hydrogen (secondary N) is 1. The average Bonchev–Trinajstić information content (AvgIpc) is 3.20. The lowest BCUT2D eigenvalue weighted by molar-refractivity contribution is -0.154. The van der Waals surface area contributed by atoms with E-state index in [0.29, 0.717) is 30.6 Å². The van der Waals surface area contributed by atoms with Gasteiger partial charge in [-0.25, -0.2) is 4.39 Å². The lowest BCUT2D eigenvalue weighted by Crippen LogP contribution is -2.29. The Balaban J connectivity index is 1.48. The third kappa shape index (κ3) is 6.49. The van der Waals surface area contributed by atoms with E-state index in [1.165, 1.54) is 29.2 Å². The van der Waals surface area contributed by atoms with Crippen LogP contribution >= 0.6 is 0 Å². The number of benzene rings is 1. The molecule has 0 spiro atoms. The van der Waals surface area contributed by atoms with Crippen molar-refractivity contribution in [2.75, 3.05) is 20.2 Å². The molecule has 1 amide bonds. The summed E-state index contributed by atoms with van der Waals surface area (Å²) in [6.45, 7) is -1.08. The molecule has 0 fully saturated rings. The molecule has 0 bridgehead atoms. The number of amides is 1. The number of alkyl halides is 3. The first-order valence-corrected chi connectivity index (χ1v) is 9.30. The highest BCUT2D eigenvalue weighted by atomic mass is 19.4. The zero-order valence-electron chi connectivity index (χ0n) is 16.5. The first-order chi connectivity index (χ1) is 14.7. The molecule has 2 aromatic heterocycles. The van der Waals surface area contributed by atoms with Crippen LogP contribution in [0.1, 0.15) is 22.6 Å². The zero-order chi connectivity index (χ0) is 22.4. The summed E-state index contributed by atoms with van der Waals surface area (Å²) >= 11 is 0. The molecule has 0 atom stereocenters. The number of carbonyl (C=O) groups is 1. The molecule has 3 rings (SSSR count). The second-order valence-electron chi connectivity index (χ2n) is 6.78. The van der Waals surface area contributed by atoms with Crippen LogP contribution in [0.2, 0.25) is 0 Å². The number of hydrogen-bond acceptors (Lipinski definition) is 5. The highest BCUT2D eigenvalue weighted by Crippen LogP contribution is 2.19. The topological polar surface area (TPSA) is 84.0 Å². The van der Waals surface area contributed by atoms with Gasteiger partial charge in [0.25, 0.3) is 5.91 Å². The van der Waals surface area contributed by atoms with E-state index in [2.05, 4.69) is 25.1 Å². The molecule has 0 aliphatic heterocycles. The molecular weight excluding hydrogens is 418 g/mol. The smallest absolute Gasteiger partial charge is 0.422 e. The third-order valence-corrected chi connectivity index (χ3v) is 4.28. The van der Waals surface area contributed by atoms with Gasteiger partial charge in [0.15, 0.2) is 12.3 Å².